The third kappa shape index (κ3) is 2.72. The zero-order valence-corrected chi connectivity index (χ0v) is 12.0. The lowest BCUT2D eigenvalue weighted by Crippen LogP contribution is -2.32. The summed E-state index contributed by atoms with van der Waals surface area (Å²) in [5.41, 5.74) is 0.320. The Balaban J connectivity index is 1.77. The molecular formula is C17H19NO3. The van der Waals surface area contributed by atoms with Crippen LogP contribution < -0.4 is 5.32 Å². The van der Waals surface area contributed by atoms with Crippen LogP contribution in [0.1, 0.15) is 23.7 Å². The number of hydrogen-bond acceptors (Lipinski definition) is 3. The van der Waals surface area contributed by atoms with E-state index in [4.69, 9.17) is 4.74 Å². The molecule has 1 amide bonds. The molecule has 0 aromatic heterocycles. The molecule has 4 heteroatoms. The van der Waals surface area contributed by atoms with Gasteiger partial charge in [-0.15, -0.1) is 0 Å². The average Bonchev–Trinajstić information content (AvgIpc) is 2.91. The van der Waals surface area contributed by atoms with Crippen molar-refractivity contribution < 1.29 is 14.6 Å². The topological polar surface area (TPSA) is 58.6 Å². The van der Waals surface area contributed by atoms with Crippen LogP contribution in [0, 0.1) is 5.92 Å². The van der Waals surface area contributed by atoms with Crippen LogP contribution in [-0.4, -0.2) is 30.3 Å². The number of hydrogen-bond donors (Lipinski definition) is 2. The predicted octanol–water partition coefficient (Wildman–Crippen LogP) is 2.70. The Labute approximate surface area is 123 Å². The maximum Gasteiger partial charge on any atom is 0.255 e. The monoisotopic (exact) mass is 285 g/mol. The van der Waals surface area contributed by atoms with Gasteiger partial charge in [0.2, 0.25) is 0 Å². The highest BCUT2D eigenvalue weighted by molar-refractivity contribution is 6.03. The molecule has 0 bridgehead atoms. The molecule has 4 nitrogen and oxygen atoms in total. The van der Waals surface area contributed by atoms with Crippen molar-refractivity contribution in [3.63, 3.8) is 0 Å². The lowest BCUT2D eigenvalue weighted by Gasteiger charge is -2.15. The number of carbonyl (C=O) groups excluding carboxylic acids is 1. The number of amides is 1. The second-order valence-electron chi connectivity index (χ2n) is 5.52. The van der Waals surface area contributed by atoms with E-state index in [-0.39, 0.29) is 17.8 Å². The van der Waals surface area contributed by atoms with Gasteiger partial charge in [-0.05, 0) is 24.8 Å². The summed E-state index contributed by atoms with van der Waals surface area (Å²) in [5, 5.41) is 14.8. The fraction of sp³-hybridized carbons (Fsp3) is 0.353. The number of phenolic OH excluding ortho intramolecular Hbond substituents is 1. The minimum Gasteiger partial charge on any atom is -0.506 e. The maximum absolute atomic E-state index is 12.3. The molecule has 2 aromatic carbocycles. The Morgan fingerprint density at radius 3 is 2.90 bits per heavy atom. The predicted molar refractivity (Wildman–Crippen MR) is 81.5 cm³/mol. The Morgan fingerprint density at radius 1 is 1.33 bits per heavy atom. The van der Waals surface area contributed by atoms with E-state index in [1.807, 2.05) is 37.3 Å². The number of fused-ring (bicyclic) bond motifs is 1. The molecule has 2 N–H and O–H groups in total. The van der Waals surface area contributed by atoms with Gasteiger partial charge in [-0.3, -0.25) is 4.79 Å². The van der Waals surface area contributed by atoms with Gasteiger partial charge in [0.05, 0.1) is 11.7 Å². The van der Waals surface area contributed by atoms with Crippen molar-refractivity contribution in [3.05, 3.63) is 42.0 Å². The molecule has 1 aliphatic rings. The van der Waals surface area contributed by atoms with Crippen LogP contribution >= 0.6 is 0 Å². The van der Waals surface area contributed by atoms with Gasteiger partial charge in [-0.2, -0.15) is 0 Å². The molecule has 2 aromatic rings. The van der Waals surface area contributed by atoms with Crippen LogP contribution in [0.3, 0.4) is 0 Å². The summed E-state index contributed by atoms with van der Waals surface area (Å²) in [6, 6.07) is 11.0. The fourth-order valence-corrected chi connectivity index (χ4v) is 2.80. The second kappa shape index (κ2) is 5.74. The van der Waals surface area contributed by atoms with Crippen LogP contribution in [-0.2, 0) is 4.74 Å². The van der Waals surface area contributed by atoms with Crippen LogP contribution in [0.25, 0.3) is 10.8 Å². The number of phenols is 1. The molecule has 1 aliphatic heterocycles. The van der Waals surface area contributed by atoms with Gasteiger partial charge in [-0.1, -0.05) is 30.3 Å². The fourth-order valence-electron chi connectivity index (χ4n) is 2.80. The van der Waals surface area contributed by atoms with Crippen molar-refractivity contribution in [2.45, 2.75) is 19.4 Å². The Kier molecular flexibility index (Phi) is 3.80. The Hall–Kier alpha value is -2.07. The van der Waals surface area contributed by atoms with Crippen LogP contribution in [0.4, 0.5) is 0 Å². The van der Waals surface area contributed by atoms with Crippen molar-refractivity contribution in [3.8, 4) is 5.75 Å². The van der Waals surface area contributed by atoms with Crippen molar-refractivity contribution in [2.24, 2.45) is 5.92 Å². The van der Waals surface area contributed by atoms with Crippen molar-refractivity contribution in [2.75, 3.05) is 13.2 Å². The molecule has 0 spiro atoms. The molecule has 0 aliphatic carbocycles. The number of rotatable bonds is 3. The number of carbonyl (C=O) groups is 1. The van der Waals surface area contributed by atoms with E-state index in [1.54, 1.807) is 6.07 Å². The molecule has 3 rings (SSSR count). The highest BCUT2D eigenvalue weighted by Gasteiger charge is 2.25. The molecule has 2 unspecified atom stereocenters. The normalized spacial score (nSPS) is 21.6. The van der Waals surface area contributed by atoms with E-state index in [1.165, 1.54) is 0 Å². The van der Waals surface area contributed by atoms with E-state index >= 15 is 0 Å². The highest BCUT2D eigenvalue weighted by Crippen LogP contribution is 2.28. The quantitative estimate of drug-likeness (QED) is 0.911. The Bertz CT molecular complexity index is 668. The number of benzene rings is 2. The van der Waals surface area contributed by atoms with E-state index in [2.05, 4.69) is 5.32 Å². The van der Waals surface area contributed by atoms with E-state index in [0.717, 1.165) is 18.4 Å². The molecule has 21 heavy (non-hydrogen) atoms. The summed E-state index contributed by atoms with van der Waals surface area (Å²) in [4.78, 5) is 12.3. The number of aromatic hydroxyl groups is 1. The van der Waals surface area contributed by atoms with Crippen LogP contribution in [0.5, 0.6) is 5.75 Å². The molecule has 0 saturated carbocycles. The lowest BCUT2D eigenvalue weighted by molar-refractivity contribution is 0.0905. The third-order valence-corrected chi connectivity index (χ3v) is 4.20. The zero-order valence-electron chi connectivity index (χ0n) is 12.0. The summed E-state index contributed by atoms with van der Waals surface area (Å²) in [6.45, 7) is 3.35. The van der Waals surface area contributed by atoms with Gasteiger partial charge in [0.25, 0.3) is 5.91 Å². The van der Waals surface area contributed by atoms with Crippen LogP contribution in [0.15, 0.2) is 36.4 Å². The average molecular weight is 285 g/mol. The van der Waals surface area contributed by atoms with E-state index in [9.17, 15) is 9.90 Å². The summed E-state index contributed by atoms with van der Waals surface area (Å²) in [6.07, 6.45) is 1.14. The van der Waals surface area contributed by atoms with Gasteiger partial charge >= 0.3 is 0 Å². The summed E-state index contributed by atoms with van der Waals surface area (Å²) in [5.74, 6) is 0.148. The van der Waals surface area contributed by atoms with Crippen molar-refractivity contribution in [1.29, 1.82) is 0 Å². The first-order valence-corrected chi connectivity index (χ1v) is 7.27. The first kappa shape index (κ1) is 13.9. The third-order valence-electron chi connectivity index (χ3n) is 4.20. The minimum absolute atomic E-state index is 0.0429. The van der Waals surface area contributed by atoms with Crippen molar-refractivity contribution in [1.82, 2.24) is 5.32 Å². The zero-order chi connectivity index (χ0) is 14.8. The second-order valence-corrected chi connectivity index (χ2v) is 5.52. The molecule has 0 radical (unpaired) electrons. The molecule has 110 valence electrons. The first-order valence-electron chi connectivity index (χ1n) is 7.27. The van der Waals surface area contributed by atoms with E-state index < -0.39 is 0 Å². The van der Waals surface area contributed by atoms with Crippen molar-refractivity contribution >= 4 is 16.7 Å². The smallest absolute Gasteiger partial charge is 0.255 e. The molecular weight excluding hydrogens is 266 g/mol. The van der Waals surface area contributed by atoms with Gasteiger partial charge < -0.3 is 15.2 Å². The number of ether oxygens (including phenoxy) is 1. The minimum atomic E-state index is -0.239. The van der Waals surface area contributed by atoms with Gasteiger partial charge in [0.1, 0.15) is 5.75 Å². The number of nitrogens with one attached hydrogen (secondary N) is 1. The summed E-state index contributed by atoms with van der Waals surface area (Å²) < 4.78 is 5.48. The van der Waals surface area contributed by atoms with Gasteiger partial charge in [0.15, 0.2) is 0 Å². The van der Waals surface area contributed by atoms with Gasteiger partial charge in [-0.25, -0.2) is 0 Å². The maximum atomic E-state index is 12.3. The summed E-state index contributed by atoms with van der Waals surface area (Å²) in [7, 11) is 0. The molecule has 1 saturated heterocycles. The first-order chi connectivity index (χ1) is 10.2. The standard InChI is InChI=1S/C17H19NO3/c1-11-13(8-9-21-11)10-18-17(20)15-7-6-12-4-2-3-5-14(12)16(15)19/h2-7,11,13,19H,8-10H2,1H3,(H,18,20). The van der Waals surface area contributed by atoms with Gasteiger partial charge in [0, 0.05) is 24.5 Å². The van der Waals surface area contributed by atoms with Crippen LogP contribution in [0.2, 0.25) is 0 Å². The SMILES string of the molecule is CC1OCCC1CNC(=O)c1ccc2ccccc2c1O. The largest absolute Gasteiger partial charge is 0.506 e. The molecule has 2 atom stereocenters. The Morgan fingerprint density at radius 2 is 2.14 bits per heavy atom. The highest BCUT2D eigenvalue weighted by atomic mass is 16.5. The molecule has 1 fully saturated rings. The van der Waals surface area contributed by atoms with E-state index in [0.29, 0.717) is 23.4 Å². The summed E-state index contributed by atoms with van der Waals surface area (Å²) >= 11 is 0. The molecule has 1 heterocycles. The lowest BCUT2D eigenvalue weighted by atomic mass is 10.0.